The minimum absolute atomic E-state index is 0.0318. The lowest BCUT2D eigenvalue weighted by Crippen LogP contribution is -2.53. The van der Waals surface area contributed by atoms with Crippen LogP contribution in [0.1, 0.15) is 67.2 Å². The molecule has 0 unspecified atom stereocenters. The van der Waals surface area contributed by atoms with E-state index in [4.69, 9.17) is 9.31 Å². The SMILES string of the molecule is CC1(C)CC2(CC(B3OC(C)(C)C(C)(C)O3)C2)C1. The van der Waals surface area contributed by atoms with Gasteiger partial charge in [0.15, 0.2) is 0 Å². The molecule has 0 bridgehead atoms. The minimum atomic E-state index is -0.167. The number of hydrogen-bond acceptors (Lipinski definition) is 2. The zero-order valence-corrected chi connectivity index (χ0v) is 12.8. The molecule has 0 aromatic carbocycles. The average Bonchev–Trinajstić information content (AvgIpc) is 2.26. The van der Waals surface area contributed by atoms with Crippen molar-refractivity contribution >= 4 is 7.12 Å². The van der Waals surface area contributed by atoms with E-state index in [1.807, 2.05) is 0 Å². The first kappa shape index (κ1) is 13.0. The van der Waals surface area contributed by atoms with Gasteiger partial charge in [-0.1, -0.05) is 13.8 Å². The van der Waals surface area contributed by atoms with Crippen molar-refractivity contribution in [2.45, 2.75) is 84.2 Å². The summed E-state index contributed by atoms with van der Waals surface area (Å²) in [5.41, 5.74) is 0.900. The highest BCUT2D eigenvalue weighted by Crippen LogP contribution is 2.69. The maximum atomic E-state index is 6.16. The van der Waals surface area contributed by atoms with Gasteiger partial charge in [0, 0.05) is 0 Å². The Hall–Kier alpha value is -0.0151. The van der Waals surface area contributed by atoms with Crippen molar-refractivity contribution in [2.24, 2.45) is 10.8 Å². The van der Waals surface area contributed by atoms with Crippen molar-refractivity contribution in [3.63, 3.8) is 0 Å². The third kappa shape index (κ3) is 1.77. The third-order valence-corrected chi connectivity index (χ3v) is 5.75. The molecule has 0 atom stereocenters. The lowest BCUT2D eigenvalue weighted by Gasteiger charge is -2.62. The predicted molar refractivity (Wildman–Crippen MR) is 74.5 cm³/mol. The van der Waals surface area contributed by atoms with Gasteiger partial charge >= 0.3 is 7.12 Å². The summed E-state index contributed by atoms with van der Waals surface area (Å²) in [4.78, 5) is 0. The van der Waals surface area contributed by atoms with Crippen LogP contribution in [0.3, 0.4) is 0 Å². The molecule has 3 aliphatic rings. The number of hydrogen-bond donors (Lipinski definition) is 0. The van der Waals surface area contributed by atoms with Gasteiger partial charge in [-0.2, -0.15) is 0 Å². The van der Waals surface area contributed by atoms with E-state index in [9.17, 15) is 0 Å². The van der Waals surface area contributed by atoms with E-state index in [2.05, 4.69) is 41.5 Å². The second kappa shape index (κ2) is 3.35. The molecule has 2 nitrogen and oxygen atoms in total. The second-order valence-electron chi connectivity index (χ2n) is 8.81. The second-order valence-corrected chi connectivity index (χ2v) is 8.81. The summed E-state index contributed by atoms with van der Waals surface area (Å²) < 4.78 is 12.3. The van der Waals surface area contributed by atoms with Crippen LogP contribution in [0.4, 0.5) is 0 Å². The number of rotatable bonds is 1. The van der Waals surface area contributed by atoms with E-state index >= 15 is 0 Å². The van der Waals surface area contributed by atoms with Crippen LogP contribution in [-0.4, -0.2) is 18.3 Å². The topological polar surface area (TPSA) is 18.5 Å². The molecule has 1 spiro atoms. The Morgan fingerprint density at radius 2 is 1.28 bits per heavy atom. The first-order chi connectivity index (χ1) is 8.04. The van der Waals surface area contributed by atoms with Gasteiger partial charge in [0.2, 0.25) is 0 Å². The normalized spacial score (nSPS) is 35.3. The van der Waals surface area contributed by atoms with Gasteiger partial charge in [-0.15, -0.1) is 0 Å². The van der Waals surface area contributed by atoms with Crippen LogP contribution in [0.25, 0.3) is 0 Å². The molecule has 0 N–H and O–H groups in total. The fourth-order valence-corrected chi connectivity index (χ4v) is 4.59. The zero-order chi connectivity index (χ0) is 13.4. The van der Waals surface area contributed by atoms with Crippen molar-refractivity contribution in [1.82, 2.24) is 0 Å². The lowest BCUT2D eigenvalue weighted by atomic mass is 9.38. The molecule has 0 aromatic rings. The molecule has 1 heterocycles. The van der Waals surface area contributed by atoms with Crippen LogP contribution in [0.2, 0.25) is 5.82 Å². The van der Waals surface area contributed by atoms with Crippen molar-refractivity contribution < 1.29 is 9.31 Å². The molecule has 1 saturated heterocycles. The summed E-state index contributed by atoms with van der Waals surface area (Å²) in [6, 6.07) is 0. The molecule has 0 amide bonds. The monoisotopic (exact) mass is 250 g/mol. The van der Waals surface area contributed by atoms with Gasteiger partial charge < -0.3 is 9.31 Å². The molecule has 2 saturated carbocycles. The maximum absolute atomic E-state index is 6.16. The summed E-state index contributed by atoms with van der Waals surface area (Å²) in [6.45, 7) is 13.4. The summed E-state index contributed by atoms with van der Waals surface area (Å²) in [6.07, 6.45) is 5.42. The fraction of sp³-hybridized carbons (Fsp3) is 1.00. The lowest BCUT2D eigenvalue weighted by molar-refractivity contribution is -0.0805. The Kier molecular flexibility index (Phi) is 2.42. The van der Waals surface area contributed by atoms with Gasteiger partial charge in [0.1, 0.15) is 0 Å². The van der Waals surface area contributed by atoms with E-state index in [1.54, 1.807) is 0 Å². The van der Waals surface area contributed by atoms with Crippen LogP contribution >= 0.6 is 0 Å². The smallest absolute Gasteiger partial charge is 0.403 e. The van der Waals surface area contributed by atoms with E-state index in [0.717, 1.165) is 0 Å². The Balaban J connectivity index is 1.58. The molecule has 3 rings (SSSR count). The highest BCUT2D eigenvalue weighted by atomic mass is 16.7. The molecule has 3 fully saturated rings. The summed E-state index contributed by atoms with van der Waals surface area (Å²) in [7, 11) is 0.0318. The largest absolute Gasteiger partial charge is 0.461 e. The van der Waals surface area contributed by atoms with Crippen molar-refractivity contribution in [2.75, 3.05) is 0 Å². The predicted octanol–water partition coefficient (Wildman–Crippen LogP) is 4.05. The van der Waals surface area contributed by atoms with Gasteiger partial charge in [-0.25, -0.2) is 0 Å². The summed E-state index contributed by atoms with van der Waals surface area (Å²) in [5, 5.41) is 0. The molecule has 0 radical (unpaired) electrons. The van der Waals surface area contributed by atoms with Crippen LogP contribution in [0.5, 0.6) is 0 Å². The quantitative estimate of drug-likeness (QED) is 0.653. The fourth-order valence-electron chi connectivity index (χ4n) is 4.59. The van der Waals surface area contributed by atoms with Gasteiger partial charge in [-0.05, 0) is 70.0 Å². The molecule has 2 aliphatic carbocycles. The Bertz CT molecular complexity index is 341. The molecule has 18 heavy (non-hydrogen) atoms. The van der Waals surface area contributed by atoms with Crippen LogP contribution in [-0.2, 0) is 9.31 Å². The standard InChI is InChI=1S/C15H27BO2/c1-12(2)9-15(10-12)7-11(8-15)16-17-13(3,4)14(5,6)18-16/h11H,7-10H2,1-6H3. The molecular weight excluding hydrogens is 223 g/mol. The Morgan fingerprint density at radius 1 is 0.833 bits per heavy atom. The summed E-state index contributed by atoms with van der Waals surface area (Å²) >= 11 is 0. The van der Waals surface area contributed by atoms with Crippen molar-refractivity contribution in [3.05, 3.63) is 0 Å². The average molecular weight is 250 g/mol. The van der Waals surface area contributed by atoms with Crippen LogP contribution in [0, 0.1) is 10.8 Å². The van der Waals surface area contributed by atoms with Gasteiger partial charge in [0.25, 0.3) is 0 Å². The van der Waals surface area contributed by atoms with Crippen molar-refractivity contribution in [1.29, 1.82) is 0 Å². The maximum Gasteiger partial charge on any atom is 0.461 e. The first-order valence-corrected chi connectivity index (χ1v) is 7.40. The minimum Gasteiger partial charge on any atom is -0.403 e. The first-order valence-electron chi connectivity index (χ1n) is 7.40. The molecule has 102 valence electrons. The van der Waals surface area contributed by atoms with E-state index < -0.39 is 0 Å². The van der Waals surface area contributed by atoms with E-state index in [1.165, 1.54) is 25.7 Å². The molecular formula is C15H27BO2. The van der Waals surface area contributed by atoms with E-state index in [-0.39, 0.29) is 18.3 Å². The summed E-state index contributed by atoms with van der Waals surface area (Å²) in [5.74, 6) is 0.627. The van der Waals surface area contributed by atoms with Crippen LogP contribution < -0.4 is 0 Å². The highest BCUT2D eigenvalue weighted by molar-refractivity contribution is 6.47. The third-order valence-electron chi connectivity index (χ3n) is 5.75. The van der Waals surface area contributed by atoms with Crippen molar-refractivity contribution in [3.8, 4) is 0 Å². The highest BCUT2D eigenvalue weighted by Gasteiger charge is 2.63. The van der Waals surface area contributed by atoms with Gasteiger partial charge in [-0.3, -0.25) is 0 Å². The zero-order valence-electron chi connectivity index (χ0n) is 12.8. The van der Waals surface area contributed by atoms with E-state index in [0.29, 0.717) is 16.6 Å². The molecule has 3 heteroatoms. The molecule has 0 aromatic heterocycles. The molecule has 1 aliphatic heterocycles. The van der Waals surface area contributed by atoms with Gasteiger partial charge in [0.05, 0.1) is 11.2 Å². The van der Waals surface area contributed by atoms with Crippen LogP contribution in [0.15, 0.2) is 0 Å². The Morgan fingerprint density at radius 3 is 1.67 bits per heavy atom. The Labute approximate surface area is 112 Å².